The Labute approximate surface area is 112 Å². The van der Waals surface area contributed by atoms with Crippen molar-refractivity contribution in [3.8, 4) is 0 Å². The summed E-state index contributed by atoms with van der Waals surface area (Å²) < 4.78 is 12.6. The van der Waals surface area contributed by atoms with Crippen molar-refractivity contribution in [2.45, 2.75) is 62.7 Å². The molecule has 0 aliphatic heterocycles. The topological polar surface area (TPSA) is 112 Å². The molecule has 0 radical (unpaired) electrons. The van der Waals surface area contributed by atoms with Crippen molar-refractivity contribution in [3.63, 3.8) is 0 Å². The largest absolute Gasteiger partial charge is 0.481 e. The number of aliphatic carboxylic acids is 2. The zero-order chi connectivity index (χ0) is 14.7. The molecule has 0 bridgehead atoms. The van der Waals surface area contributed by atoms with Crippen LogP contribution in [-0.2, 0) is 14.2 Å². The molecule has 7 heteroatoms. The van der Waals surface area contributed by atoms with E-state index < -0.39 is 36.5 Å². The van der Waals surface area contributed by atoms with E-state index >= 15 is 0 Å². The Morgan fingerprint density at radius 3 is 2.16 bits per heavy atom. The van der Waals surface area contributed by atoms with Crippen LogP contribution in [0.3, 0.4) is 0 Å². The number of hydrogen-bond donors (Lipinski definition) is 3. The van der Waals surface area contributed by atoms with Crippen LogP contribution in [0, 0.1) is 0 Å². The second-order valence-corrected chi connectivity index (χ2v) is 8.35. The average molecular weight is 292 g/mol. The molecule has 0 aromatic heterocycles. The van der Waals surface area contributed by atoms with Gasteiger partial charge in [-0.3, -0.25) is 14.2 Å². The van der Waals surface area contributed by atoms with Gasteiger partial charge in [0.1, 0.15) is 5.16 Å². The molecule has 0 aromatic carbocycles. The Balaban J connectivity index is 2.98. The summed E-state index contributed by atoms with van der Waals surface area (Å²) in [5.41, 5.74) is -0.517. The quantitative estimate of drug-likeness (QED) is 0.647. The van der Waals surface area contributed by atoms with Gasteiger partial charge in [0.2, 0.25) is 7.37 Å². The monoisotopic (exact) mass is 292 g/mol. The number of carbonyl (C=O) groups is 2. The first-order valence-corrected chi connectivity index (χ1v) is 8.22. The lowest BCUT2D eigenvalue weighted by Crippen LogP contribution is -2.39. The SMILES string of the molecule is CC(CCC(=O)O)(C(=O)O)P(=O)(O)C1CCCCC1. The first-order chi connectivity index (χ1) is 8.72. The summed E-state index contributed by atoms with van der Waals surface area (Å²) in [6.07, 6.45) is 3.00. The summed E-state index contributed by atoms with van der Waals surface area (Å²) in [6.45, 7) is 1.20. The van der Waals surface area contributed by atoms with Gasteiger partial charge < -0.3 is 15.1 Å². The molecule has 1 fully saturated rings. The Kier molecular flexibility index (Phi) is 5.16. The lowest BCUT2D eigenvalue weighted by atomic mass is 10.0. The van der Waals surface area contributed by atoms with Crippen LogP contribution in [0.5, 0.6) is 0 Å². The molecule has 2 unspecified atom stereocenters. The zero-order valence-corrected chi connectivity index (χ0v) is 11.9. The predicted molar refractivity (Wildman–Crippen MR) is 69.6 cm³/mol. The molecule has 6 nitrogen and oxygen atoms in total. The highest BCUT2D eigenvalue weighted by molar-refractivity contribution is 7.61. The first-order valence-electron chi connectivity index (χ1n) is 6.49. The maximum absolute atomic E-state index is 12.6. The standard InChI is InChI=1S/C12H21O6P/c1-12(11(15)16,8-7-10(13)14)19(17,18)9-5-3-2-4-6-9/h9H,2-8H2,1H3,(H,13,14)(H,15,16)(H,17,18). The zero-order valence-electron chi connectivity index (χ0n) is 11.0. The van der Waals surface area contributed by atoms with E-state index in [-0.39, 0.29) is 6.42 Å². The van der Waals surface area contributed by atoms with E-state index in [2.05, 4.69) is 0 Å². The van der Waals surface area contributed by atoms with Crippen molar-refractivity contribution in [1.82, 2.24) is 0 Å². The van der Waals surface area contributed by atoms with E-state index in [0.717, 1.165) is 19.3 Å². The van der Waals surface area contributed by atoms with Crippen LogP contribution in [-0.4, -0.2) is 37.9 Å². The van der Waals surface area contributed by atoms with Gasteiger partial charge in [0, 0.05) is 12.1 Å². The number of carboxylic acids is 2. The van der Waals surface area contributed by atoms with E-state index in [4.69, 9.17) is 5.11 Å². The molecule has 19 heavy (non-hydrogen) atoms. The summed E-state index contributed by atoms with van der Waals surface area (Å²) in [5.74, 6) is -2.54. The maximum Gasteiger partial charge on any atom is 0.319 e. The Morgan fingerprint density at radius 2 is 1.74 bits per heavy atom. The van der Waals surface area contributed by atoms with E-state index in [1.807, 2.05) is 0 Å². The molecule has 0 aromatic rings. The molecule has 0 saturated heterocycles. The van der Waals surface area contributed by atoms with Crippen LogP contribution in [0.2, 0.25) is 0 Å². The summed E-state index contributed by atoms with van der Waals surface area (Å²) in [4.78, 5) is 32.3. The predicted octanol–water partition coefficient (Wildman–Crippen LogP) is 2.30. The fourth-order valence-corrected chi connectivity index (χ4v) is 5.17. The van der Waals surface area contributed by atoms with Gasteiger partial charge >= 0.3 is 11.9 Å². The van der Waals surface area contributed by atoms with Crippen LogP contribution >= 0.6 is 7.37 Å². The van der Waals surface area contributed by atoms with Crippen LogP contribution in [0.1, 0.15) is 51.9 Å². The first kappa shape index (κ1) is 16.2. The van der Waals surface area contributed by atoms with Gasteiger partial charge in [-0.1, -0.05) is 19.3 Å². The van der Waals surface area contributed by atoms with E-state index in [9.17, 15) is 24.2 Å². The number of carboxylic acid groups (broad SMARTS) is 2. The minimum Gasteiger partial charge on any atom is -0.481 e. The summed E-state index contributed by atoms with van der Waals surface area (Å²) in [5, 5.41) is 16.1. The lowest BCUT2D eigenvalue weighted by Gasteiger charge is -2.36. The molecule has 0 amide bonds. The molecule has 1 aliphatic rings. The lowest BCUT2D eigenvalue weighted by molar-refractivity contribution is -0.141. The van der Waals surface area contributed by atoms with Crippen molar-refractivity contribution in [2.75, 3.05) is 0 Å². The average Bonchev–Trinajstić information content (AvgIpc) is 2.36. The van der Waals surface area contributed by atoms with Crippen molar-refractivity contribution in [3.05, 3.63) is 0 Å². The fourth-order valence-electron chi connectivity index (χ4n) is 2.59. The van der Waals surface area contributed by atoms with Gasteiger partial charge in [0.15, 0.2) is 0 Å². The van der Waals surface area contributed by atoms with Gasteiger partial charge in [0.25, 0.3) is 0 Å². The molecule has 3 N–H and O–H groups in total. The third-order valence-corrected chi connectivity index (χ3v) is 7.40. The van der Waals surface area contributed by atoms with Gasteiger partial charge in [-0.15, -0.1) is 0 Å². The molecule has 0 heterocycles. The van der Waals surface area contributed by atoms with E-state index in [0.29, 0.717) is 12.8 Å². The molecular formula is C12H21O6P. The van der Waals surface area contributed by atoms with Crippen LogP contribution in [0.4, 0.5) is 0 Å². The van der Waals surface area contributed by atoms with Gasteiger partial charge in [0.05, 0.1) is 0 Å². The molecule has 1 aliphatic carbocycles. The van der Waals surface area contributed by atoms with Gasteiger partial charge in [-0.05, 0) is 26.2 Å². The maximum atomic E-state index is 12.6. The Morgan fingerprint density at radius 1 is 1.21 bits per heavy atom. The summed E-state index contributed by atoms with van der Waals surface area (Å²) in [6, 6.07) is 0. The highest BCUT2D eigenvalue weighted by Crippen LogP contribution is 2.63. The third kappa shape index (κ3) is 3.37. The van der Waals surface area contributed by atoms with Crippen LogP contribution in [0.25, 0.3) is 0 Å². The smallest absolute Gasteiger partial charge is 0.319 e. The van der Waals surface area contributed by atoms with E-state index in [1.54, 1.807) is 0 Å². The molecule has 1 saturated carbocycles. The van der Waals surface area contributed by atoms with Crippen molar-refractivity contribution in [2.24, 2.45) is 0 Å². The highest BCUT2D eigenvalue weighted by atomic mass is 31.2. The number of hydrogen-bond acceptors (Lipinski definition) is 3. The summed E-state index contributed by atoms with van der Waals surface area (Å²) >= 11 is 0. The van der Waals surface area contributed by atoms with Crippen molar-refractivity contribution >= 4 is 19.3 Å². The molecule has 0 spiro atoms. The third-order valence-electron chi connectivity index (χ3n) is 4.06. The minimum atomic E-state index is -3.97. The second-order valence-electron chi connectivity index (χ2n) is 5.39. The fraction of sp³-hybridized carbons (Fsp3) is 0.833. The molecular weight excluding hydrogens is 271 g/mol. The highest BCUT2D eigenvalue weighted by Gasteiger charge is 2.53. The molecule has 1 rings (SSSR count). The van der Waals surface area contributed by atoms with Gasteiger partial charge in [-0.2, -0.15) is 0 Å². The van der Waals surface area contributed by atoms with Crippen LogP contribution < -0.4 is 0 Å². The van der Waals surface area contributed by atoms with Gasteiger partial charge in [-0.25, -0.2) is 0 Å². The van der Waals surface area contributed by atoms with E-state index in [1.165, 1.54) is 6.92 Å². The van der Waals surface area contributed by atoms with Crippen molar-refractivity contribution < 1.29 is 29.3 Å². The normalized spacial score (nSPS) is 23.3. The number of rotatable bonds is 6. The van der Waals surface area contributed by atoms with Crippen LogP contribution in [0.15, 0.2) is 0 Å². The Bertz CT molecular complexity index is 401. The second kappa shape index (κ2) is 6.06. The molecule has 2 atom stereocenters. The Hall–Kier alpha value is -0.870. The summed E-state index contributed by atoms with van der Waals surface area (Å²) in [7, 11) is -3.97. The minimum absolute atomic E-state index is 0.318. The molecule has 110 valence electrons. The van der Waals surface area contributed by atoms with Crippen molar-refractivity contribution in [1.29, 1.82) is 0 Å².